The van der Waals surface area contributed by atoms with E-state index >= 15 is 0 Å². The topological polar surface area (TPSA) is 72.6 Å². The number of aromatic nitrogens is 1. The van der Waals surface area contributed by atoms with Gasteiger partial charge in [0.1, 0.15) is 12.4 Å². The van der Waals surface area contributed by atoms with E-state index in [-0.39, 0.29) is 24.4 Å². The van der Waals surface area contributed by atoms with E-state index in [1.165, 1.54) is 0 Å². The van der Waals surface area contributed by atoms with Crippen molar-refractivity contribution in [3.63, 3.8) is 0 Å². The van der Waals surface area contributed by atoms with Gasteiger partial charge in [-0.05, 0) is 38.0 Å². The molecule has 0 spiro atoms. The number of amides is 1. The Balaban J connectivity index is 1.58. The van der Waals surface area contributed by atoms with E-state index in [0.29, 0.717) is 18.7 Å². The molecule has 6 heteroatoms. The first kappa shape index (κ1) is 16.2. The zero-order chi connectivity index (χ0) is 16.9. The molecule has 0 radical (unpaired) electrons. The van der Waals surface area contributed by atoms with Crippen molar-refractivity contribution in [2.24, 2.45) is 5.92 Å². The predicted molar refractivity (Wildman–Crippen MR) is 86.1 cm³/mol. The van der Waals surface area contributed by atoms with Crippen LogP contribution in [0.25, 0.3) is 0 Å². The Labute approximate surface area is 140 Å². The summed E-state index contributed by atoms with van der Waals surface area (Å²) in [5, 5.41) is 0. The minimum atomic E-state index is -0.281. The highest BCUT2D eigenvalue weighted by atomic mass is 16.5. The Kier molecular flexibility index (Phi) is 4.93. The number of rotatable bonds is 4. The Morgan fingerprint density at radius 3 is 2.83 bits per heavy atom. The summed E-state index contributed by atoms with van der Waals surface area (Å²) in [6.45, 7) is 3.09. The number of esters is 1. The highest BCUT2D eigenvalue weighted by molar-refractivity contribution is 5.94. The summed E-state index contributed by atoms with van der Waals surface area (Å²) in [7, 11) is 0. The van der Waals surface area contributed by atoms with E-state index in [2.05, 4.69) is 4.98 Å². The molecule has 3 rings (SSSR count). The number of aryl methyl sites for hydroxylation is 1. The molecule has 0 aromatic carbocycles. The fourth-order valence-electron chi connectivity index (χ4n) is 2.86. The van der Waals surface area contributed by atoms with Crippen LogP contribution in [0.4, 0.5) is 0 Å². The van der Waals surface area contributed by atoms with Crippen LogP contribution >= 0.6 is 0 Å². The lowest BCUT2D eigenvalue weighted by molar-refractivity contribution is -0.151. The molecule has 24 heavy (non-hydrogen) atoms. The molecule has 0 saturated carbocycles. The molecule has 1 atom stereocenters. The van der Waals surface area contributed by atoms with Crippen molar-refractivity contribution in [1.29, 1.82) is 0 Å². The number of likely N-dealkylation sites (tertiary alicyclic amines) is 1. The second kappa shape index (κ2) is 7.29. The number of carbonyl (C=O) groups excluding carboxylic acids is 2. The van der Waals surface area contributed by atoms with Gasteiger partial charge in [0.2, 0.25) is 0 Å². The zero-order valence-electron chi connectivity index (χ0n) is 13.6. The van der Waals surface area contributed by atoms with Gasteiger partial charge in [0, 0.05) is 36.6 Å². The van der Waals surface area contributed by atoms with Crippen molar-refractivity contribution in [3.8, 4) is 0 Å². The van der Waals surface area contributed by atoms with Gasteiger partial charge in [-0.3, -0.25) is 14.6 Å². The normalized spacial score (nSPS) is 17.5. The van der Waals surface area contributed by atoms with E-state index < -0.39 is 0 Å². The number of hydrogen-bond acceptors (Lipinski definition) is 5. The summed E-state index contributed by atoms with van der Waals surface area (Å²) in [5.74, 6) is 0.140. The monoisotopic (exact) mass is 328 g/mol. The Bertz CT molecular complexity index is 711. The highest BCUT2D eigenvalue weighted by Crippen LogP contribution is 2.21. The minimum absolute atomic E-state index is 0.0689. The van der Waals surface area contributed by atoms with Gasteiger partial charge in [-0.2, -0.15) is 0 Å². The van der Waals surface area contributed by atoms with E-state index in [1.54, 1.807) is 41.8 Å². The predicted octanol–water partition coefficient (Wildman–Crippen LogP) is 2.58. The molecule has 0 bridgehead atoms. The Morgan fingerprint density at radius 2 is 2.12 bits per heavy atom. The maximum Gasteiger partial charge on any atom is 0.311 e. The van der Waals surface area contributed by atoms with Crippen LogP contribution in [-0.2, 0) is 16.1 Å². The quantitative estimate of drug-likeness (QED) is 0.807. The zero-order valence-corrected chi connectivity index (χ0v) is 13.6. The van der Waals surface area contributed by atoms with Gasteiger partial charge in [-0.15, -0.1) is 0 Å². The average Bonchev–Trinajstić information content (AvgIpc) is 3.05. The largest absolute Gasteiger partial charge is 0.469 e. The van der Waals surface area contributed by atoms with Gasteiger partial charge in [-0.25, -0.2) is 0 Å². The summed E-state index contributed by atoms with van der Waals surface area (Å²) in [6.07, 6.45) is 6.30. The molecule has 1 aliphatic rings. The number of ether oxygens (including phenoxy) is 1. The first-order chi connectivity index (χ1) is 11.6. The second-order valence-corrected chi connectivity index (χ2v) is 5.94. The Morgan fingerprint density at radius 1 is 1.33 bits per heavy atom. The van der Waals surface area contributed by atoms with Crippen molar-refractivity contribution < 1.29 is 18.7 Å². The summed E-state index contributed by atoms with van der Waals surface area (Å²) in [4.78, 5) is 30.4. The van der Waals surface area contributed by atoms with Gasteiger partial charge in [-0.1, -0.05) is 0 Å². The first-order valence-electron chi connectivity index (χ1n) is 8.04. The van der Waals surface area contributed by atoms with Crippen LogP contribution in [0.1, 0.15) is 34.5 Å². The van der Waals surface area contributed by atoms with Gasteiger partial charge in [0.15, 0.2) is 0 Å². The lowest BCUT2D eigenvalue weighted by Gasteiger charge is -2.31. The van der Waals surface area contributed by atoms with Crippen molar-refractivity contribution >= 4 is 11.9 Å². The van der Waals surface area contributed by atoms with Gasteiger partial charge >= 0.3 is 5.97 Å². The van der Waals surface area contributed by atoms with E-state index in [9.17, 15) is 9.59 Å². The van der Waals surface area contributed by atoms with E-state index in [4.69, 9.17) is 9.15 Å². The molecule has 1 saturated heterocycles. The fourth-order valence-corrected chi connectivity index (χ4v) is 2.86. The smallest absolute Gasteiger partial charge is 0.311 e. The van der Waals surface area contributed by atoms with Crippen molar-refractivity contribution in [2.75, 3.05) is 13.1 Å². The van der Waals surface area contributed by atoms with Crippen molar-refractivity contribution in [3.05, 3.63) is 53.7 Å². The minimum Gasteiger partial charge on any atom is -0.469 e. The lowest BCUT2D eigenvalue weighted by Crippen LogP contribution is -2.42. The van der Waals surface area contributed by atoms with Crippen LogP contribution < -0.4 is 0 Å². The number of hydrogen-bond donors (Lipinski definition) is 0. The van der Waals surface area contributed by atoms with Gasteiger partial charge in [0.25, 0.3) is 5.91 Å². The molecule has 6 nitrogen and oxygen atoms in total. The summed E-state index contributed by atoms with van der Waals surface area (Å²) < 4.78 is 10.6. The lowest BCUT2D eigenvalue weighted by atomic mass is 9.97. The van der Waals surface area contributed by atoms with Gasteiger partial charge < -0.3 is 14.1 Å². The maximum absolute atomic E-state index is 12.5. The highest BCUT2D eigenvalue weighted by Gasteiger charge is 2.30. The van der Waals surface area contributed by atoms with Crippen molar-refractivity contribution in [1.82, 2.24) is 9.88 Å². The maximum atomic E-state index is 12.5. The number of pyridine rings is 1. The second-order valence-electron chi connectivity index (χ2n) is 5.94. The average molecular weight is 328 g/mol. The van der Waals surface area contributed by atoms with Gasteiger partial charge in [0.05, 0.1) is 12.2 Å². The van der Waals surface area contributed by atoms with E-state index in [1.807, 2.05) is 6.92 Å². The Hall–Kier alpha value is -2.63. The van der Waals surface area contributed by atoms with Crippen LogP contribution in [0.5, 0.6) is 0 Å². The third-order valence-electron chi connectivity index (χ3n) is 4.31. The molecule has 1 aliphatic heterocycles. The third kappa shape index (κ3) is 3.64. The number of carbonyl (C=O) groups is 2. The number of piperidine rings is 1. The number of furan rings is 1. The SMILES string of the molecule is Cc1occc1COC(=O)[C@H]1CCCN(C(=O)c2ccncc2)C1. The van der Waals surface area contributed by atoms with E-state index in [0.717, 1.165) is 24.2 Å². The molecular formula is C18H20N2O4. The third-order valence-corrected chi connectivity index (χ3v) is 4.31. The van der Waals surface area contributed by atoms with Crippen LogP contribution in [-0.4, -0.2) is 34.8 Å². The van der Waals surface area contributed by atoms with Crippen LogP contribution in [0.15, 0.2) is 41.3 Å². The molecule has 0 unspecified atom stereocenters. The molecule has 0 N–H and O–H groups in total. The van der Waals surface area contributed by atoms with Crippen LogP contribution in [0, 0.1) is 12.8 Å². The summed E-state index contributed by atoms with van der Waals surface area (Å²) >= 11 is 0. The fraction of sp³-hybridized carbons (Fsp3) is 0.389. The van der Waals surface area contributed by atoms with Crippen molar-refractivity contribution in [2.45, 2.75) is 26.4 Å². The molecule has 0 aliphatic carbocycles. The summed E-state index contributed by atoms with van der Waals surface area (Å²) in [5.41, 5.74) is 1.46. The molecule has 1 fully saturated rings. The number of nitrogens with zero attached hydrogens (tertiary/aromatic N) is 2. The summed E-state index contributed by atoms with van der Waals surface area (Å²) in [6, 6.07) is 5.17. The standard InChI is InChI=1S/C18H20N2O4/c1-13-16(6-10-23-13)12-24-18(22)15-3-2-9-20(11-15)17(21)14-4-7-19-8-5-14/h4-8,10,15H,2-3,9,11-12H2,1H3/t15-/m0/s1. The van der Waals surface area contributed by atoms with Crippen LogP contribution in [0.3, 0.4) is 0 Å². The first-order valence-corrected chi connectivity index (χ1v) is 8.04. The molecule has 2 aromatic heterocycles. The molecule has 2 aromatic rings. The molecule has 126 valence electrons. The molecule has 1 amide bonds. The molecule has 3 heterocycles. The molecular weight excluding hydrogens is 308 g/mol. The van der Waals surface area contributed by atoms with Crippen LogP contribution in [0.2, 0.25) is 0 Å².